The molecule has 0 saturated carbocycles. The van der Waals surface area contributed by atoms with E-state index in [0.29, 0.717) is 59.0 Å². The van der Waals surface area contributed by atoms with Crippen molar-refractivity contribution in [3.05, 3.63) is 81.4 Å². The SMILES string of the molecule is CCCCCCCCCCc1ccc(CCCCCCCCCC)c2c1-c1nc3nc(nc4[n-]c(nc5[n-]c(nc-2n1)c1c(CCCCCCCCCC)ccc(CCCCCCCCCC)c51)c1c(OCCCC)c(C#C[Si](C)(C)C)cc(OCCCC)c41)-c1c(CCCCCCCCCC)ccc(CCCCCCCCCC)c1-3.[Ni+2]. The molecule has 9 rings (SSSR count). The van der Waals surface area contributed by atoms with Crippen molar-refractivity contribution in [2.45, 2.75) is 447 Å². The van der Waals surface area contributed by atoms with Gasteiger partial charge in [-0.1, -0.05) is 400 Å². The number of nitrogens with zero attached hydrogens (tertiary/aromatic N) is 8. The average molecular weight is 1650 g/mol. The Morgan fingerprint density at radius 3 is 0.829 bits per heavy atom. The fraction of sp³-hybridized carbons (Fsp3) is 0.676. The Morgan fingerprint density at radius 1 is 0.274 bits per heavy atom. The van der Waals surface area contributed by atoms with E-state index >= 15 is 0 Å². The van der Waals surface area contributed by atoms with Crippen molar-refractivity contribution in [3.63, 3.8) is 0 Å². The number of benzene rings is 4. The van der Waals surface area contributed by atoms with E-state index in [2.05, 4.69) is 129 Å². The van der Waals surface area contributed by atoms with Crippen LogP contribution in [0.5, 0.6) is 11.5 Å². The Bertz CT molecular complexity index is 4270. The van der Waals surface area contributed by atoms with E-state index in [9.17, 15) is 0 Å². The predicted octanol–water partition coefficient (Wildman–Crippen LogP) is 31.8. The van der Waals surface area contributed by atoms with Gasteiger partial charge in [0.2, 0.25) is 0 Å². The molecule has 0 N–H and O–H groups in total. The zero-order valence-corrected chi connectivity index (χ0v) is 78.2. The molecule has 4 aromatic carbocycles. The summed E-state index contributed by atoms with van der Waals surface area (Å²) in [5, 5.41) is 3.74. The first-order valence-electron chi connectivity index (χ1n) is 49.2. The molecule has 0 atom stereocenters. The van der Waals surface area contributed by atoms with Crippen LogP contribution >= 0.6 is 0 Å². The second kappa shape index (κ2) is 55.2. The monoisotopic (exact) mass is 1650 g/mol. The van der Waals surface area contributed by atoms with Crippen molar-refractivity contribution in [2.24, 2.45) is 0 Å². The maximum Gasteiger partial charge on any atom is 2.00 e. The van der Waals surface area contributed by atoms with Crippen molar-refractivity contribution < 1.29 is 26.0 Å². The summed E-state index contributed by atoms with van der Waals surface area (Å²) in [4.78, 5) is 48.1. The molecule has 5 heterocycles. The number of fused-ring (bicyclic) bond motifs is 20. The summed E-state index contributed by atoms with van der Waals surface area (Å²) >= 11 is 0. The van der Waals surface area contributed by atoms with E-state index in [1.165, 1.54) is 303 Å². The third kappa shape index (κ3) is 30.6. The molecule has 0 radical (unpaired) electrons. The summed E-state index contributed by atoms with van der Waals surface area (Å²) in [6, 6.07) is 16.9. The number of ether oxygens (including phenoxy) is 2. The Kier molecular flexibility index (Phi) is 45.6. The van der Waals surface area contributed by atoms with Gasteiger partial charge in [-0.25, -0.2) is 15.0 Å². The summed E-state index contributed by atoms with van der Waals surface area (Å²) in [6.07, 6.45) is 69.6. The third-order valence-corrected chi connectivity index (χ3v) is 25.6. The first-order chi connectivity index (χ1) is 57.0. The van der Waals surface area contributed by atoms with Gasteiger partial charge in [-0.15, -0.1) is 5.54 Å². The number of rotatable bonds is 62. The number of aryl methyl sites for hydroxylation is 6. The van der Waals surface area contributed by atoms with Crippen LogP contribution in [0.3, 0.4) is 0 Å². The number of hydrogen-bond donors (Lipinski definition) is 0. The molecule has 2 aliphatic heterocycles. The molecule has 7 aromatic rings. The Labute approximate surface area is 723 Å². The van der Waals surface area contributed by atoms with Gasteiger partial charge in [-0.3, -0.25) is 0 Å². The Morgan fingerprint density at radius 2 is 0.521 bits per heavy atom. The van der Waals surface area contributed by atoms with Crippen LogP contribution in [0.4, 0.5) is 0 Å². The van der Waals surface area contributed by atoms with Crippen molar-refractivity contribution in [1.82, 2.24) is 39.9 Å². The molecule has 0 amide bonds. The second-order valence-corrected chi connectivity index (χ2v) is 40.9. The molecule has 646 valence electrons. The van der Waals surface area contributed by atoms with Crippen molar-refractivity contribution in [2.75, 3.05) is 13.2 Å². The van der Waals surface area contributed by atoms with Gasteiger partial charge < -0.3 is 34.4 Å². The van der Waals surface area contributed by atoms with Crippen molar-refractivity contribution in [3.8, 4) is 68.5 Å². The fourth-order valence-corrected chi connectivity index (χ4v) is 18.3. The van der Waals surface area contributed by atoms with Gasteiger partial charge in [0.05, 0.1) is 30.4 Å². The molecule has 10 nitrogen and oxygen atoms in total. The van der Waals surface area contributed by atoms with E-state index in [-0.39, 0.29) is 16.5 Å². The largest absolute Gasteiger partial charge is 2.00 e. The molecule has 0 saturated heterocycles. The summed E-state index contributed by atoms with van der Waals surface area (Å²) in [7, 11) is -1.93. The van der Waals surface area contributed by atoms with Crippen LogP contribution < -0.4 is 19.4 Å². The zero-order valence-electron chi connectivity index (χ0n) is 76.2. The number of aromatic nitrogens is 8. The fourth-order valence-electron chi connectivity index (χ4n) is 17.8. The average Bonchev–Trinajstić information content (AvgIpc) is 1.58. The molecule has 0 fully saturated rings. The van der Waals surface area contributed by atoms with Crippen LogP contribution in [-0.2, 0) is 55.0 Å². The molecule has 12 heteroatoms. The predicted molar refractivity (Wildman–Crippen MR) is 503 cm³/mol. The van der Waals surface area contributed by atoms with Crippen LogP contribution in [0.1, 0.15) is 428 Å². The van der Waals surface area contributed by atoms with Gasteiger partial charge in [0, 0.05) is 61.7 Å². The van der Waals surface area contributed by atoms with Crippen molar-refractivity contribution >= 4 is 52.2 Å². The molecule has 0 unspecified atom stereocenters. The van der Waals surface area contributed by atoms with Crippen LogP contribution in [-0.4, -0.2) is 51.2 Å². The smallest absolute Gasteiger partial charge is 0.493 e. The number of hydrogen-bond acceptors (Lipinski definition) is 8. The van der Waals surface area contributed by atoms with Gasteiger partial charge in [-0.2, -0.15) is 0 Å². The normalized spacial score (nSPS) is 11.9. The molecule has 0 aliphatic carbocycles. The van der Waals surface area contributed by atoms with Gasteiger partial charge in [0.15, 0.2) is 11.6 Å². The molecule has 117 heavy (non-hydrogen) atoms. The minimum Gasteiger partial charge on any atom is -0.493 e. The molecular weight excluding hydrogens is 1490 g/mol. The van der Waals surface area contributed by atoms with Gasteiger partial charge in [0.1, 0.15) is 19.6 Å². The zero-order chi connectivity index (χ0) is 81.8. The topological polar surface area (TPSA) is 124 Å². The molecule has 3 aromatic heterocycles. The van der Waals surface area contributed by atoms with E-state index in [1.807, 2.05) is 0 Å². The minimum absolute atomic E-state index is 0. The molecule has 8 bridgehead atoms. The van der Waals surface area contributed by atoms with Gasteiger partial charge >= 0.3 is 16.5 Å². The summed E-state index contributed by atoms with van der Waals surface area (Å²) < 4.78 is 14.5. The summed E-state index contributed by atoms with van der Waals surface area (Å²) in [5.74, 6) is 7.93. The molecule has 0 spiro atoms. The van der Waals surface area contributed by atoms with Crippen molar-refractivity contribution in [1.29, 1.82) is 0 Å². The van der Waals surface area contributed by atoms with Crippen LogP contribution in [0.15, 0.2) is 42.5 Å². The summed E-state index contributed by atoms with van der Waals surface area (Å²) in [6.45, 7) is 26.4. The third-order valence-electron chi connectivity index (χ3n) is 24.7. The first-order valence-corrected chi connectivity index (χ1v) is 52.7. The first kappa shape index (κ1) is 96.6. The van der Waals surface area contributed by atoms with Gasteiger partial charge in [-0.05, 0) is 134 Å². The summed E-state index contributed by atoms with van der Waals surface area (Å²) in [5.41, 5.74) is 19.2. The quantitative estimate of drug-likeness (QED) is 0.0207. The van der Waals surface area contributed by atoms with Crippen LogP contribution in [0.25, 0.3) is 89.7 Å². The minimum atomic E-state index is -1.93. The van der Waals surface area contributed by atoms with E-state index in [0.717, 1.165) is 164 Å². The van der Waals surface area contributed by atoms with Crippen LogP contribution in [0.2, 0.25) is 19.6 Å². The second-order valence-electron chi connectivity index (χ2n) is 36.1. The van der Waals surface area contributed by atoms with E-state index in [1.54, 1.807) is 0 Å². The Hall–Kier alpha value is -5.89. The van der Waals surface area contributed by atoms with Crippen LogP contribution in [0, 0.1) is 11.5 Å². The van der Waals surface area contributed by atoms with E-state index < -0.39 is 8.07 Å². The standard InChI is InChI=1S/C105H160N8O2Si.Ni/c1-12-20-28-34-40-46-52-58-64-81-70-71-82(65-59-53-47-41-35-29-21-13-2)90-89(81)98-106-99(90)108-101-92-84(67-61-55-49-43-37-31-23-15-4)73-75-86(69-63-57-51-45-39-33-25-17-6)94(92)103(110-101)112-105-96-95(88(114-77-26-18-7)80-87(76-79-116(9,10)11)97(96)115-78-27-19-8)104(113-105)111-102-93-85(68-62-56-50-44-38-32-24-16-5)74-72-83(91(93)100(107-98)109-102)66-60-54-48-42-36-30-22-14-3;/h70-75,80H,12-69,77-78H2,1-11H3;/q-2;+2. The van der Waals surface area contributed by atoms with E-state index in [4.69, 9.17) is 49.3 Å². The number of unbranched alkanes of at least 4 members (excludes halogenated alkanes) is 44. The maximum atomic E-state index is 7.29. The maximum absolute atomic E-state index is 7.29. The molecule has 2 aliphatic rings. The molecular formula is C105H160N8NiO2Si. The Balaban J connectivity index is 0.0000171. The van der Waals surface area contributed by atoms with Gasteiger partial charge in [0.25, 0.3) is 0 Å².